The molecule has 0 saturated heterocycles. The molecule has 25 heavy (non-hydrogen) atoms. The van der Waals surface area contributed by atoms with Gasteiger partial charge in [0.15, 0.2) is 11.2 Å². The average molecular weight is 340 g/mol. The van der Waals surface area contributed by atoms with Crippen molar-refractivity contribution in [1.82, 2.24) is 25.0 Å². The van der Waals surface area contributed by atoms with Crippen molar-refractivity contribution in [2.75, 3.05) is 11.9 Å². The minimum atomic E-state index is -0.239. The first-order valence-corrected chi connectivity index (χ1v) is 8.49. The number of fused-ring (bicyclic) bond motifs is 1. The Labute approximate surface area is 144 Å². The minimum Gasteiger partial charge on any atom is -0.494 e. The van der Waals surface area contributed by atoms with Gasteiger partial charge in [0.2, 0.25) is 5.95 Å². The monoisotopic (exact) mass is 340 g/mol. The van der Waals surface area contributed by atoms with Crippen molar-refractivity contribution in [3.05, 3.63) is 30.5 Å². The maximum absolute atomic E-state index is 9.65. The number of nitrogens with zero attached hydrogens (tertiary/aromatic N) is 5. The van der Waals surface area contributed by atoms with Crippen LogP contribution in [0.1, 0.15) is 26.2 Å². The molecule has 0 bridgehead atoms. The van der Waals surface area contributed by atoms with Crippen LogP contribution in [0.4, 0.5) is 5.95 Å². The summed E-state index contributed by atoms with van der Waals surface area (Å²) in [5, 5.41) is 21.3. The summed E-state index contributed by atoms with van der Waals surface area (Å²) in [7, 11) is 0. The third-order valence-electron chi connectivity index (χ3n) is 4.32. The number of nitrogens with one attached hydrogen (secondary N) is 1. The van der Waals surface area contributed by atoms with E-state index in [4.69, 9.17) is 4.74 Å². The molecule has 1 aromatic carbocycles. The summed E-state index contributed by atoms with van der Waals surface area (Å²) < 4.78 is 7.15. The molecule has 1 aliphatic carbocycles. The first kappa shape index (κ1) is 15.8. The van der Waals surface area contributed by atoms with Crippen molar-refractivity contribution in [3.63, 3.8) is 0 Å². The number of aromatic nitrogens is 5. The minimum absolute atomic E-state index is 0.197. The summed E-state index contributed by atoms with van der Waals surface area (Å²) in [5.74, 6) is 1.34. The van der Waals surface area contributed by atoms with Gasteiger partial charge in [0, 0.05) is 6.04 Å². The molecule has 8 heteroatoms. The summed E-state index contributed by atoms with van der Waals surface area (Å²) in [6, 6.07) is 7.82. The molecular formula is C17H20N6O2. The van der Waals surface area contributed by atoms with E-state index in [1.165, 1.54) is 0 Å². The number of aliphatic hydroxyl groups excluding tert-OH is 1. The number of aliphatic hydroxyl groups is 1. The van der Waals surface area contributed by atoms with Crippen molar-refractivity contribution < 1.29 is 9.84 Å². The van der Waals surface area contributed by atoms with Crippen molar-refractivity contribution in [3.8, 4) is 11.4 Å². The first-order valence-electron chi connectivity index (χ1n) is 8.49. The number of rotatable bonds is 5. The fourth-order valence-electron chi connectivity index (χ4n) is 3.09. The highest BCUT2D eigenvalue weighted by Crippen LogP contribution is 2.23. The van der Waals surface area contributed by atoms with Gasteiger partial charge >= 0.3 is 0 Å². The van der Waals surface area contributed by atoms with Gasteiger partial charge in [0.1, 0.15) is 5.75 Å². The molecule has 4 rings (SSSR count). The molecule has 0 radical (unpaired) electrons. The van der Waals surface area contributed by atoms with E-state index in [-0.39, 0.29) is 12.1 Å². The Balaban J connectivity index is 1.62. The van der Waals surface area contributed by atoms with E-state index in [0.29, 0.717) is 23.7 Å². The highest BCUT2D eigenvalue weighted by atomic mass is 16.5. The zero-order valence-electron chi connectivity index (χ0n) is 14.0. The number of ether oxygens (including phenoxy) is 1. The largest absolute Gasteiger partial charge is 0.494 e. The molecular weight excluding hydrogens is 320 g/mol. The third kappa shape index (κ3) is 3.25. The van der Waals surface area contributed by atoms with Gasteiger partial charge in [0.25, 0.3) is 0 Å². The fourth-order valence-corrected chi connectivity index (χ4v) is 3.09. The predicted octanol–water partition coefficient (Wildman–Crippen LogP) is 1.93. The van der Waals surface area contributed by atoms with Crippen LogP contribution in [-0.2, 0) is 0 Å². The Morgan fingerprint density at radius 2 is 2.12 bits per heavy atom. The predicted molar refractivity (Wildman–Crippen MR) is 92.9 cm³/mol. The van der Waals surface area contributed by atoms with Crippen LogP contribution < -0.4 is 10.1 Å². The van der Waals surface area contributed by atoms with Gasteiger partial charge in [-0.05, 0) is 50.5 Å². The molecule has 2 atom stereocenters. The molecule has 2 heterocycles. The lowest BCUT2D eigenvalue weighted by atomic mass is 10.2. The molecule has 1 unspecified atom stereocenters. The second kappa shape index (κ2) is 6.64. The summed E-state index contributed by atoms with van der Waals surface area (Å²) in [6.07, 6.45) is 3.87. The lowest BCUT2D eigenvalue weighted by Gasteiger charge is -2.11. The van der Waals surface area contributed by atoms with Gasteiger partial charge in [-0.3, -0.25) is 0 Å². The van der Waals surface area contributed by atoms with E-state index in [1.807, 2.05) is 31.2 Å². The smallest absolute Gasteiger partial charge is 0.225 e. The van der Waals surface area contributed by atoms with Crippen LogP contribution in [0.3, 0.4) is 0 Å². The normalized spacial score (nSPS) is 20.1. The topological polar surface area (TPSA) is 98.0 Å². The highest BCUT2D eigenvalue weighted by Gasteiger charge is 2.23. The van der Waals surface area contributed by atoms with Crippen molar-refractivity contribution >= 4 is 17.1 Å². The van der Waals surface area contributed by atoms with E-state index < -0.39 is 0 Å². The van der Waals surface area contributed by atoms with Gasteiger partial charge in [-0.15, -0.1) is 5.10 Å². The summed E-state index contributed by atoms with van der Waals surface area (Å²) >= 11 is 0. The molecule has 1 fully saturated rings. The van der Waals surface area contributed by atoms with E-state index >= 15 is 0 Å². The van der Waals surface area contributed by atoms with Crippen LogP contribution in [0.25, 0.3) is 16.9 Å². The second-order valence-corrected chi connectivity index (χ2v) is 6.14. The van der Waals surface area contributed by atoms with E-state index in [1.54, 1.807) is 10.9 Å². The average Bonchev–Trinajstić information content (AvgIpc) is 3.22. The molecule has 2 aromatic heterocycles. The number of anilines is 1. The van der Waals surface area contributed by atoms with Crippen LogP contribution >= 0.6 is 0 Å². The van der Waals surface area contributed by atoms with E-state index in [9.17, 15) is 5.11 Å². The van der Waals surface area contributed by atoms with Crippen LogP contribution in [0, 0.1) is 0 Å². The molecule has 3 aromatic rings. The van der Waals surface area contributed by atoms with Crippen LogP contribution in [0.15, 0.2) is 30.5 Å². The SMILES string of the molecule is CCOc1ccc(-n2nnc3cnc(NC4CC[C@@H](O)C4)nc32)cc1. The van der Waals surface area contributed by atoms with Crippen molar-refractivity contribution in [2.45, 2.75) is 38.3 Å². The van der Waals surface area contributed by atoms with Gasteiger partial charge < -0.3 is 15.2 Å². The van der Waals surface area contributed by atoms with Gasteiger partial charge in [0.05, 0.1) is 24.6 Å². The lowest BCUT2D eigenvalue weighted by molar-refractivity contribution is 0.182. The van der Waals surface area contributed by atoms with Gasteiger partial charge in [-0.1, -0.05) is 5.21 Å². The highest BCUT2D eigenvalue weighted by molar-refractivity contribution is 5.72. The Bertz CT molecular complexity index is 863. The van der Waals surface area contributed by atoms with Gasteiger partial charge in [-0.2, -0.15) is 9.67 Å². The van der Waals surface area contributed by atoms with Gasteiger partial charge in [-0.25, -0.2) is 4.98 Å². The third-order valence-corrected chi connectivity index (χ3v) is 4.32. The van der Waals surface area contributed by atoms with E-state index in [2.05, 4.69) is 25.6 Å². The summed E-state index contributed by atoms with van der Waals surface area (Å²) in [5.41, 5.74) is 2.12. The zero-order valence-corrected chi connectivity index (χ0v) is 14.0. The first-order chi connectivity index (χ1) is 12.2. The number of benzene rings is 1. The molecule has 1 aliphatic rings. The second-order valence-electron chi connectivity index (χ2n) is 6.14. The number of hydrogen-bond acceptors (Lipinski definition) is 7. The fraction of sp³-hybridized carbons (Fsp3) is 0.412. The summed E-state index contributed by atoms with van der Waals surface area (Å²) in [4.78, 5) is 8.86. The summed E-state index contributed by atoms with van der Waals surface area (Å²) in [6.45, 7) is 2.58. The molecule has 0 amide bonds. The standard InChI is InChI=1S/C17H20N6O2/c1-2-25-14-7-4-12(5-8-14)23-16-15(21-22-23)10-18-17(20-16)19-11-3-6-13(24)9-11/h4-5,7-8,10-11,13,24H,2-3,6,9H2,1H3,(H,18,19,20)/t11?,13-/m1/s1. The molecule has 0 spiro atoms. The molecule has 1 saturated carbocycles. The van der Waals surface area contributed by atoms with Crippen LogP contribution in [0.5, 0.6) is 5.75 Å². The Hall–Kier alpha value is -2.74. The van der Waals surface area contributed by atoms with Crippen molar-refractivity contribution in [1.29, 1.82) is 0 Å². The lowest BCUT2D eigenvalue weighted by Crippen LogP contribution is -2.18. The quantitative estimate of drug-likeness (QED) is 0.732. The van der Waals surface area contributed by atoms with Crippen molar-refractivity contribution in [2.24, 2.45) is 0 Å². The maximum atomic E-state index is 9.65. The Morgan fingerprint density at radius 1 is 1.28 bits per heavy atom. The molecule has 0 aliphatic heterocycles. The number of hydrogen-bond donors (Lipinski definition) is 2. The molecule has 130 valence electrons. The van der Waals surface area contributed by atoms with E-state index in [0.717, 1.165) is 30.7 Å². The molecule has 8 nitrogen and oxygen atoms in total. The Kier molecular flexibility index (Phi) is 4.19. The molecule has 2 N–H and O–H groups in total. The van der Waals surface area contributed by atoms with Crippen LogP contribution in [-0.4, -0.2) is 48.8 Å². The Morgan fingerprint density at radius 3 is 2.84 bits per heavy atom. The maximum Gasteiger partial charge on any atom is 0.225 e. The van der Waals surface area contributed by atoms with Crippen LogP contribution in [0.2, 0.25) is 0 Å². The zero-order chi connectivity index (χ0) is 17.2.